The lowest BCUT2D eigenvalue weighted by atomic mass is 10.2. The minimum atomic E-state index is -0.133. The highest BCUT2D eigenvalue weighted by Crippen LogP contribution is 2.05. The van der Waals surface area contributed by atoms with Crippen LogP contribution in [0.3, 0.4) is 0 Å². The maximum Gasteiger partial charge on any atom is 0.306 e. The van der Waals surface area contributed by atoms with Crippen LogP contribution in [0.25, 0.3) is 0 Å². The molecule has 0 unspecified atom stereocenters. The molecular formula is C12H17NO2S. The summed E-state index contributed by atoms with van der Waals surface area (Å²) in [6.45, 7) is 0.366. The van der Waals surface area contributed by atoms with Gasteiger partial charge in [-0.1, -0.05) is 42.3 Å². The Hall–Kier alpha value is -1.00. The van der Waals surface area contributed by atoms with E-state index in [0.29, 0.717) is 13.0 Å². The number of hydrogen-bond acceptors (Lipinski definition) is 4. The first-order chi connectivity index (χ1) is 7.83. The zero-order chi connectivity index (χ0) is 11.6. The quantitative estimate of drug-likeness (QED) is 0.451. The van der Waals surface area contributed by atoms with E-state index in [1.54, 1.807) is 0 Å². The van der Waals surface area contributed by atoms with Gasteiger partial charge in [0.05, 0.1) is 0 Å². The minimum absolute atomic E-state index is 0.133. The van der Waals surface area contributed by atoms with Crippen molar-refractivity contribution in [3.63, 3.8) is 0 Å². The van der Waals surface area contributed by atoms with Crippen molar-refractivity contribution in [3.8, 4) is 0 Å². The van der Waals surface area contributed by atoms with Gasteiger partial charge in [-0.3, -0.25) is 9.93 Å². The number of ether oxygens (including phenoxy) is 1. The maximum atomic E-state index is 11.3. The number of hydrogen-bond donors (Lipinski definition) is 1. The highest BCUT2D eigenvalue weighted by Gasteiger charge is 2.02. The Morgan fingerprint density at radius 1 is 1.25 bits per heavy atom. The summed E-state index contributed by atoms with van der Waals surface area (Å²) in [7, 11) is 0. The van der Waals surface area contributed by atoms with Crippen LogP contribution in [0.5, 0.6) is 0 Å². The Labute approximate surface area is 100 Å². The summed E-state index contributed by atoms with van der Waals surface area (Å²) in [6.07, 6.45) is 2.28. The second-order valence-corrected chi connectivity index (χ2v) is 4.22. The van der Waals surface area contributed by atoms with Gasteiger partial charge >= 0.3 is 5.97 Å². The van der Waals surface area contributed by atoms with E-state index in [9.17, 15) is 4.79 Å². The van der Waals surface area contributed by atoms with E-state index in [0.717, 1.165) is 24.2 Å². The number of nitrogens with two attached hydrogens (primary N) is 1. The number of carbonyl (C=O) groups is 1. The van der Waals surface area contributed by atoms with Crippen molar-refractivity contribution in [2.24, 2.45) is 5.14 Å². The lowest BCUT2D eigenvalue weighted by molar-refractivity contribution is -0.145. The van der Waals surface area contributed by atoms with Crippen LogP contribution in [0.2, 0.25) is 0 Å². The third kappa shape index (κ3) is 5.78. The second-order valence-electron chi connectivity index (χ2n) is 3.47. The van der Waals surface area contributed by atoms with Crippen molar-refractivity contribution in [2.45, 2.75) is 25.9 Å². The SMILES string of the molecule is NSCCCCC(=O)OCc1ccccc1. The van der Waals surface area contributed by atoms with Crippen molar-refractivity contribution in [2.75, 3.05) is 5.75 Å². The van der Waals surface area contributed by atoms with Crippen molar-refractivity contribution in [3.05, 3.63) is 35.9 Å². The highest BCUT2D eigenvalue weighted by molar-refractivity contribution is 7.97. The molecule has 0 fully saturated rings. The maximum absolute atomic E-state index is 11.3. The van der Waals surface area contributed by atoms with Crippen molar-refractivity contribution in [1.29, 1.82) is 0 Å². The standard InChI is InChI=1S/C12H17NO2S/c13-16-9-5-4-8-12(14)15-10-11-6-2-1-3-7-11/h1-3,6-7H,4-5,8-10,13H2. The highest BCUT2D eigenvalue weighted by atomic mass is 32.2. The number of rotatable bonds is 7. The Kier molecular flexibility index (Phi) is 6.69. The van der Waals surface area contributed by atoms with Crippen LogP contribution >= 0.6 is 11.9 Å². The van der Waals surface area contributed by atoms with Crippen molar-refractivity contribution in [1.82, 2.24) is 0 Å². The molecule has 0 heterocycles. The Bertz CT molecular complexity index is 303. The van der Waals surface area contributed by atoms with Crippen molar-refractivity contribution < 1.29 is 9.53 Å². The summed E-state index contributed by atoms with van der Waals surface area (Å²) in [5.74, 6) is 0.761. The van der Waals surface area contributed by atoms with Gasteiger partial charge in [0.15, 0.2) is 0 Å². The molecule has 0 aliphatic carbocycles. The van der Waals surface area contributed by atoms with E-state index in [2.05, 4.69) is 0 Å². The third-order valence-electron chi connectivity index (χ3n) is 2.14. The Morgan fingerprint density at radius 3 is 2.69 bits per heavy atom. The first-order valence-electron chi connectivity index (χ1n) is 5.34. The predicted octanol–water partition coefficient (Wildman–Crippen LogP) is 2.51. The van der Waals surface area contributed by atoms with Gasteiger partial charge in [0.25, 0.3) is 0 Å². The van der Waals surface area contributed by atoms with Crippen LogP contribution in [0, 0.1) is 0 Å². The molecule has 0 aliphatic rings. The van der Waals surface area contributed by atoms with Crippen LogP contribution in [0.15, 0.2) is 30.3 Å². The van der Waals surface area contributed by atoms with E-state index >= 15 is 0 Å². The first kappa shape index (κ1) is 13.1. The van der Waals surface area contributed by atoms with E-state index in [1.807, 2.05) is 30.3 Å². The molecule has 0 atom stereocenters. The van der Waals surface area contributed by atoms with Gasteiger partial charge in [-0.25, -0.2) is 0 Å². The van der Waals surface area contributed by atoms with Gasteiger partial charge in [0.1, 0.15) is 6.61 Å². The van der Waals surface area contributed by atoms with Crippen LogP contribution in [-0.4, -0.2) is 11.7 Å². The molecule has 2 N–H and O–H groups in total. The lowest BCUT2D eigenvalue weighted by Crippen LogP contribution is -2.04. The molecule has 1 aromatic carbocycles. The predicted molar refractivity (Wildman–Crippen MR) is 66.7 cm³/mol. The number of benzene rings is 1. The molecule has 0 aromatic heterocycles. The number of carbonyl (C=O) groups excluding carboxylic acids is 1. The number of unbranched alkanes of at least 4 members (excludes halogenated alkanes) is 1. The summed E-state index contributed by atoms with van der Waals surface area (Å²) < 4.78 is 5.13. The fourth-order valence-electron chi connectivity index (χ4n) is 1.26. The summed E-state index contributed by atoms with van der Waals surface area (Å²) in [5.41, 5.74) is 1.02. The molecule has 1 rings (SSSR count). The van der Waals surface area contributed by atoms with E-state index in [1.165, 1.54) is 11.9 Å². The normalized spacial score (nSPS) is 10.1. The van der Waals surface area contributed by atoms with Crippen LogP contribution in [-0.2, 0) is 16.1 Å². The second kappa shape index (κ2) is 8.19. The zero-order valence-electron chi connectivity index (χ0n) is 9.22. The molecule has 0 spiro atoms. The van der Waals surface area contributed by atoms with Crippen LogP contribution in [0.4, 0.5) is 0 Å². The summed E-state index contributed by atoms with van der Waals surface area (Å²) in [4.78, 5) is 11.3. The Balaban J connectivity index is 2.11. The minimum Gasteiger partial charge on any atom is -0.461 e. The van der Waals surface area contributed by atoms with E-state index < -0.39 is 0 Å². The average molecular weight is 239 g/mol. The van der Waals surface area contributed by atoms with Gasteiger partial charge in [0.2, 0.25) is 0 Å². The third-order valence-corrected chi connectivity index (χ3v) is 2.66. The van der Waals surface area contributed by atoms with Crippen LogP contribution < -0.4 is 5.14 Å². The first-order valence-corrected chi connectivity index (χ1v) is 6.39. The molecule has 88 valence electrons. The van der Waals surface area contributed by atoms with E-state index in [-0.39, 0.29) is 5.97 Å². The molecule has 0 aliphatic heterocycles. The molecule has 3 nitrogen and oxygen atoms in total. The topological polar surface area (TPSA) is 52.3 Å². The van der Waals surface area contributed by atoms with Gasteiger partial charge in [-0.05, 0) is 18.4 Å². The summed E-state index contributed by atoms with van der Waals surface area (Å²) in [5, 5.41) is 5.28. The largest absolute Gasteiger partial charge is 0.461 e. The summed E-state index contributed by atoms with van der Waals surface area (Å²) in [6, 6.07) is 9.69. The fourth-order valence-corrected chi connectivity index (χ4v) is 1.64. The monoisotopic (exact) mass is 239 g/mol. The Morgan fingerprint density at radius 2 is 2.00 bits per heavy atom. The molecule has 0 radical (unpaired) electrons. The van der Waals surface area contributed by atoms with E-state index in [4.69, 9.17) is 9.88 Å². The molecule has 0 saturated carbocycles. The van der Waals surface area contributed by atoms with Gasteiger partial charge < -0.3 is 4.74 Å². The van der Waals surface area contributed by atoms with Crippen molar-refractivity contribution >= 4 is 17.9 Å². The lowest BCUT2D eigenvalue weighted by Gasteiger charge is -2.04. The zero-order valence-corrected chi connectivity index (χ0v) is 10.0. The summed E-state index contributed by atoms with van der Waals surface area (Å²) >= 11 is 1.31. The molecule has 1 aromatic rings. The molecule has 0 saturated heterocycles. The molecule has 0 bridgehead atoms. The van der Waals surface area contributed by atoms with Gasteiger partial charge in [-0.15, -0.1) is 0 Å². The molecule has 16 heavy (non-hydrogen) atoms. The fraction of sp³-hybridized carbons (Fsp3) is 0.417. The molecule has 4 heteroatoms. The van der Waals surface area contributed by atoms with Gasteiger partial charge in [0, 0.05) is 12.2 Å². The molecule has 0 amide bonds. The number of esters is 1. The average Bonchev–Trinajstić information content (AvgIpc) is 2.33. The molecular weight excluding hydrogens is 222 g/mol. The van der Waals surface area contributed by atoms with Crippen LogP contribution in [0.1, 0.15) is 24.8 Å². The van der Waals surface area contributed by atoms with Gasteiger partial charge in [-0.2, -0.15) is 0 Å². The smallest absolute Gasteiger partial charge is 0.306 e.